The van der Waals surface area contributed by atoms with Crippen LogP contribution in [0.4, 0.5) is 5.69 Å². The molecule has 0 aliphatic carbocycles. The van der Waals surface area contributed by atoms with Crippen LogP contribution in [0.5, 0.6) is 5.75 Å². The molecule has 3 amide bonds. The zero-order valence-electron chi connectivity index (χ0n) is 18.0. The second-order valence-electron chi connectivity index (χ2n) is 7.20. The Labute approximate surface area is 189 Å². The molecule has 0 spiro atoms. The molecule has 1 heterocycles. The highest BCUT2D eigenvalue weighted by atomic mass is 16.5. The van der Waals surface area contributed by atoms with E-state index in [0.717, 1.165) is 4.90 Å². The molecule has 8 nitrogen and oxygen atoms in total. The molecule has 1 aliphatic heterocycles. The number of para-hydroxylation sites is 1. The Hall–Kier alpha value is -4.46. The summed E-state index contributed by atoms with van der Waals surface area (Å²) in [4.78, 5) is 54.1. The highest BCUT2D eigenvalue weighted by Gasteiger charge is 2.38. The van der Waals surface area contributed by atoms with Crippen molar-refractivity contribution in [1.82, 2.24) is 4.90 Å². The lowest BCUT2D eigenvalue weighted by atomic mass is 10.1. The first kappa shape index (κ1) is 21.8. The van der Waals surface area contributed by atoms with Crippen LogP contribution in [0.2, 0.25) is 0 Å². The average molecular weight is 444 g/mol. The minimum atomic E-state index is -0.652. The van der Waals surface area contributed by atoms with Gasteiger partial charge in [0.05, 0.1) is 36.6 Å². The number of rotatable bonds is 6. The molecule has 8 heteroatoms. The Morgan fingerprint density at radius 3 is 1.97 bits per heavy atom. The van der Waals surface area contributed by atoms with Gasteiger partial charge in [-0.1, -0.05) is 24.3 Å². The van der Waals surface area contributed by atoms with E-state index in [1.54, 1.807) is 66.7 Å². The maximum absolute atomic E-state index is 13.6. The third-order valence-corrected chi connectivity index (χ3v) is 5.34. The molecule has 4 rings (SSSR count). The zero-order valence-corrected chi connectivity index (χ0v) is 18.0. The molecule has 0 aromatic heterocycles. The van der Waals surface area contributed by atoms with Crippen LogP contribution in [-0.2, 0) is 4.74 Å². The number of esters is 1. The first-order chi connectivity index (χ1) is 16.0. The van der Waals surface area contributed by atoms with Crippen molar-refractivity contribution < 1.29 is 28.7 Å². The second kappa shape index (κ2) is 8.96. The van der Waals surface area contributed by atoms with Gasteiger partial charge in [-0.3, -0.25) is 24.2 Å². The molecule has 0 fully saturated rings. The molecule has 0 saturated carbocycles. The van der Waals surface area contributed by atoms with Gasteiger partial charge in [0.1, 0.15) is 12.4 Å². The number of amides is 3. The fourth-order valence-corrected chi connectivity index (χ4v) is 3.64. The normalized spacial score (nSPS) is 12.4. The number of hydrogen-bond donors (Lipinski definition) is 0. The van der Waals surface area contributed by atoms with Crippen LogP contribution in [0.15, 0.2) is 72.8 Å². The Morgan fingerprint density at radius 1 is 0.818 bits per heavy atom. The SMILES string of the molecule is COC(=O)c1ccccc1N(CN1C(=O)c2ccccc2C1=O)C(=O)c1ccc(OC)cc1. The van der Waals surface area contributed by atoms with E-state index < -0.39 is 23.7 Å². The molecule has 3 aromatic carbocycles. The number of hydrogen-bond acceptors (Lipinski definition) is 6. The highest BCUT2D eigenvalue weighted by Crippen LogP contribution is 2.28. The number of anilines is 1. The van der Waals surface area contributed by atoms with Gasteiger partial charge >= 0.3 is 5.97 Å². The maximum Gasteiger partial charge on any atom is 0.339 e. The van der Waals surface area contributed by atoms with Gasteiger partial charge in [-0.05, 0) is 48.5 Å². The third kappa shape index (κ3) is 3.94. The van der Waals surface area contributed by atoms with E-state index in [9.17, 15) is 19.2 Å². The molecule has 0 saturated heterocycles. The monoisotopic (exact) mass is 444 g/mol. The Kier molecular flexibility index (Phi) is 5.91. The predicted octanol–water partition coefficient (Wildman–Crippen LogP) is 3.38. The van der Waals surface area contributed by atoms with Crippen molar-refractivity contribution in [3.8, 4) is 5.75 Å². The number of fused-ring (bicyclic) bond motifs is 1. The van der Waals surface area contributed by atoms with E-state index in [2.05, 4.69) is 0 Å². The van der Waals surface area contributed by atoms with Crippen LogP contribution in [-0.4, -0.2) is 49.5 Å². The largest absolute Gasteiger partial charge is 0.497 e. The third-order valence-electron chi connectivity index (χ3n) is 5.34. The molecule has 166 valence electrons. The lowest BCUT2D eigenvalue weighted by Gasteiger charge is -2.28. The highest BCUT2D eigenvalue weighted by molar-refractivity contribution is 6.22. The van der Waals surface area contributed by atoms with Crippen LogP contribution in [0.1, 0.15) is 41.4 Å². The van der Waals surface area contributed by atoms with E-state index in [0.29, 0.717) is 5.75 Å². The van der Waals surface area contributed by atoms with Crippen LogP contribution in [0.3, 0.4) is 0 Å². The Morgan fingerprint density at radius 2 is 1.39 bits per heavy atom. The average Bonchev–Trinajstić information content (AvgIpc) is 3.11. The summed E-state index contributed by atoms with van der Waals surface area (Å²) in [5, 5.41) is 0. The quantitative estimate of drug-likeness (QED) is 0.428. The van der Waals surface area contributed by atoms with Crippen molar-refractivity contribution in [2.24, 2.45) is 0 Å². The van der Waals surface area contributed by atoms with E-state index >= 15 is 0 Å². The Balaban J connectivity index is 1.77. The van der Waals surface area contributed by atoms with Crippen molar-refractivity contribution >= 4 is 29.4 Å². The molecule has 0 unspecified atom stereocenters. The summed E-state index contributed by atoms with van der Waals surface area (Å²) in [6, 6.07) is 19.2. The fourth-order valence-electron chi connectivity index (χ4n) is 3.64. The number of nitrogens with zero attached hydrogens (tertiary/aromatic N) is 2. The zero-order chi connectivity index (χ0) is 23.5. The number of ether oxygens (including phenoxy) is 2. The van der Waals surface area contributed by atoms with Gasteiger partial charge in [0.15, 0.2) is 0 Å². The first-order valence-corrected chi connectivity index (χ1v) is 10.0. The van der Waals surface area contributed by atoms with Crippen molar-refractivity contribution in [1.29, 1.82) is 0 Å². The van der Waals surface area contributed by atoms with Gasteiger partial charge in [-0.15, -0.1) is 0 Å². The summed E-state index contributed by atoms with van der Waals surface area (Å²) in [7, 11) is 2.75. The molecular formula is C25H20N2O6. The van der Waals surface area contributed by atoms with E-state index in [1.165, 1.54) is 25.2 Å². The lowest BCUT2D eigenvalue weighted by molar-refractivity contribution is 0.0601. The number of carbonyl (C=O) groups excluding carboxylic acids is 4. The van der Waals surface area contributed by atoms with Gasteiger partial charge < -0.3 is 9.47 Å². The van der Waals surface area contributed by atoms with Crippen molar-refractivity contribution in [2.45, 2.75) is 0 Å². The summed E-state index contributed by atoms with van der Waals surface area (Å²) < 4.78 is 10.0. The molecule has 0 N–H and O–H groups in total. The van der Waals surface area contributed by atoms with E-state index in [-0.39, 0.29) is 34.6 Å². The predicted molar refractivity (Wildman–Crippen MR) is 119 cm³/mol. The van der Waals surface area contributed by atoms with Gasteiger partial charge in [-0.25, -0.2) is 4.79 Å². The molecule has 0 bridgehead atoms. The topological polar surface area (TPSA) is 93.2 Å². The summed E-state index contributed by atoms with van der Waals surface area (Å²) in [5.74, 6) is -1.63. The molecule has 0 radical (unpaired) electrons. The van der Waals surface area contributed by atoms with Crippen molar-refractivity contribution in [2.75, 3.05) is 25.8 Å². The van der Waals surface area contributed by atoms with Crippen molar-refractivity contribution in [3.63, 3.8) is 0 Å². The van der Waals surface area contributed by atoms with E-state index in [1.807, 2.05) is 0 Å². The van der Waals surface area contributed by atoms with Crippen LogP contribution in [0, 0.1) is 0 Å². The minimum absolute atomic E-state index is 0.124. The summed E-state index contributed by atoms with van der Waals surface area (Å²) >= 11 is 0. The number of methoxy groups -OCH3 is 2. The molecule has 0 atom stereocenters. The van der Waals surface area contributed by atoms with Gasteiger partial charge in [-0.2, -0.15) is 0 Å². The summed E-state index contributed by atoms with van der Waals surface area (Å²) in [5.41, 5.74) is 1.15. The van der Waals surface area contributed by atoms with Crippen LogP contribution in [0.25, 0.3) is 0 Å². The molecular weight excluding hydrogens is 424 g/mol. The standard InChI is InChI=1S/C25H20N2O6/c1-32-17-13-11-16(12-14-17)22(28)26(21-10-6-5-9-20(21)25(31)33-2)15-27-23(29)18-7-3-4-8-19(18)24(27)30/h3-14H,15H2,1-2H3. The second-order valence-corrected chi connectivity index (χ2v) is 7.20. The molecule has 33 heavy (non-hydrogen) atoms. The first-order valence-electron chi connectivity index (χ1n) is 10.0. The number of carbonyl (C=O) groups is 4. The Bertz CT molecular complexity index is 1220. The van der Waals surface area contributed by atoms with Crippen LogP contribution >= 0.6 is 0 Å². The minimum Gasteiger partial charge on any atom is -0.497 e. The van der Waals surface area contributed by atoms with Gasteiger partial charge in [0.25, 0.3) is 17.7 Å². The number of imide groups is 1. The summed E-state index contributed by atoms with van der Waals surface area (Å²) in [6.45, 7) is -0.384. The maximum atomic E-state index is 13.6. The molecule has 3 aromatic rings. The smallest absolute Gasteiger partial charge is 0.339 e. The van der Waals surface area contributed by atoms with Gasteiger partial charge in [0, 0.05) is 5.56 Å². The van der Waals surface area contributed by atoms with Gasteiger partial charge in [0.2, 0.25) is 0 Å². The molecule has 1 aliphatic rings. The van der Waals surface area contributed by atoms with E-state index in [4.69, 9.17) is 9.47 Å². The van der Waals surface area contributed by atoms with Crippen molar-refractivity contribution in [3.05, 3.63) is 95.1 Å². The van der Waals surface area contributed by atoms with Crippen LogP contribution < -0.4 is 9.64 Å². The number of benzene rings is 3. The fraction of sp³-hybridized carbons (Fsp3) is 0.120. The lowest BCUT2D eigenvalue weighted by Crippen LogP contribution is -2.45. The summed E-state index contributed by atoms with van der Waals surface area (Å²) in [6.07, 6.45) is 0.